The van der Waals surface area contributed by atoms with Crippen molar-refractivity contribution >= 4 is 11.7 Å². The number of rotatable bonds is 8. The topological polar surface area (TPSA) is 104 Å². The van der Waals surface area contributed by atoms with Crippen molar-refractivity contribution in [3.8, 4) is 0 Å². The van der Waals surface area contributed by atoms with Crippen LogP contribution in [-0.4, -0.2) is 35.3 Å². The van der Waals surface area contributed by atoms with Gasteiger partial charge in [-0.15, -0.1) is 0 Å². The van der Waals surface area contributed by atoms with Crippen LogP contribution in [-0.2, 0) is 6.42 Å². The van der Waals surface area contributed by atoms with Crippen LogP contribution in [0.5, 0.6) is 0 Å². The third-order valence-corrected chi connectivity index (χ3v) is 4.63. The highest BCUT2D eigenvalue weighted by molar-refractivity contribution is 5.73. The maximum Gasteiger partial charge on any atom is 0.314 e. The minimum Gasteiger partial charge on any atom is -0.393 e. The number of carbonyl (C=O) groups is 1. The molecule has 25 heavy (non-hydrogen) atoms. The van der Waals surface area contributed by atoms with Gasteiger partial charge in [0.1, 0.15) is 0 Å². The molecule has 1 aliphatic carbocycles. The van der Waals surface area contributed by atoms with Crippen LogP contribution in [0.25, 0.3) is 0 Å². The van der Waals surface area contributed by atoms with Gasteiger partial charge in [0.05, 0.1) is 11.0 Å². The van der Waals surface area contributed by atoms with Crippen LogP contribution in [0.1, 0.15) is 44.1 Å². The number of benzene rings is 1. The molecule has 0 radical (unpaired) electrons. The number of aryl methyl sites for hydroxylation is 1. The van der Waals surface area contributed by atoms with Crippen molar-refractivity contribution < 1.29 is 14.8 Å². The molecule has 138 valence electrons. The third-order valence-electron chi connectivity index (χ3n) is 4.63. The first-order chi connectivity index (χ1) is 12.0. The van der Waals surface area contributed by atoms with Gasteiger partial charge in [-0.25, -0.2) is 4.79 Å². The molecule has 0 spiro atoms. The number of unbranched alkanes of at least 4 members (excludes halogenated alkanes) is 1. The largest absolute Gasteiger partial charge is 0.393 e. The van der Waals surface area contributed by atoms with Crippen molar-refractivity contribution in [2.24, 2.45) is 5.92 Å². The molecule has 0 aromatic heterocycles. The molecule has 7 nitrogen and oxygen atoms in total. The second kappa shape index (κ2) is 9.98. The predicted octanol–water partition coefficient (Wildman–Crippen LogP) is 2.77. The quantitative estimate of drug-likeness (QED) is 0.381. The van der Waals surface area contributed by atoms with Gasteiger partial charge in [0, 0.05) is 25.2 Å². The second-order valence-corrected chi connectivity index (χ2v) is 6.70. The Balaban J connectivity index is 1.53. The van der Waals surface area contributed by atoms with E-state index in [1.54, 1.807) is 12.1 Å². The number of nitrogens with one attached hydrogen (secondary N) is 2. The molecule has 1 aromatic rings. The van der Waals surface area contributed by atoms with Crippen LogP contribution in [0.2, 0.25) is 0 Å². The molecule has 1 aliphatic rings. The standard InChI is InChI=1S/C18H27N3O4/c22-17-6-3-5-15(12-17)13-20-18(23)19-11-2-1-4-14-7-9-16(10-8-14)21(24)25/h7-10,15,17,22H,1-6,11-13H2,(H2,19,20,23). The Morgan fingerprint density at radius 2 is 1.96 bits per heavy atom. The van der Waals surface area contributed by atoms with Crippen LogP contribution in [0, 0.1) is 16.0 Å². The highest BCUT2D eigenvalue weighted by Crippen LogP contribution is 2.23. The lowest BCUT2D eigenvalue weighted by Gasteiger charge is -2.25. The van der Waals surface area contributed by atoms with E-state index < -0.39 is 4.92 Å². The van der Waals surface area contributed by atoms with Crippen LogP contribution < -0.4 is 10.6 Å². The summed E-state index contributed by atoms with van der Waals surface area (Å²) in [7, 11) is 0. The number of urea groups is 1. The van der Waals surface area contributed by atoms with Gasteiger partial charge in [-0.3, -0.25) is 10.1 Å². The summed E-state index contributed by atoms with van der Waals surface area (Å²) in [6.45, 7) is 1.22. The fraction of sp³-hybridized carbons (Fsp3) is 0.611. The maximum absolute atomic E-state index is 11.8. The molecule has 2 unspecified atom stereocenters. The van der Waals surface area contributed by atoms with Crippen molar-refractivity contribution in [2.45, 2.75) is 51.0 Å². The van der Waals surface area contributed by atoms with Gasteiger partial charge in [0.15, 0.2) is 0 Å². The van der Waals surface area contributed by atoms with Crippen molar-refractivity contribution in [1.82, 2.24) is 10.6 Å². The fourth-order valence-corrected chi connectivity index (χ4v) is 3.19. The van der Waals surface area contributed by atoms with Crippen molar-refractivity contribution in [3.63, 3.8) is 0 Å². The fourth-order valence-electron chi connectivity index (χ4n) is 3.19. The molecule has 1 aromatic carbocycles. The Bertz CT molecular complexity index is 562. The summed E-state index contributed by atoms with van der Waals surface area (Å²) in [5.74, 6) is 0.372. The minimum absolute atomic E-state index is 0.104. The number of amides is 2. The van der Waals surface area contributed by atoms with Gasteiger partial charge >= 0.3 is 6.03 Å². The first-order valence-electron chi connectivity index (χ1n) is 8.97. The molecule has 7 heteroatoms. The smallest absolute Gasteiger partial charge is 0.314 e. The van der Waals surface area contributed by atoms with E-state index in [0.29, 0.717) is 19.0 Å². The SMILES string of the molecule is O=C(NCCCCc1ccc([N+](=O)[O-])cc1)NCC1CCCC(O)C1. The molecule has 0 saturated heterocycles. The monoisotopic (exact) mass is 349 g/mol. The lowest BCUT2D eigenvalue weighted by molar-refractivity contribution is -0.384. The number of non-ortho nitro benzene ring substituents is 1. The van der Waals surface area contributed by atoms with E-state index in [-0.39, 0.29) is 17.8 Å². The summed E-state index contributed by atoms with van der Waals surface area (Å²) < 4.78 is 0. The molecule has 3 N–H and O–H groups in total. The van der Waals surface area contributed by atoms with E-state index in [4.69, 9.17) is 0 Å². The molecule has 0 aliphatic heterocycles. The molecule has 2 amide bonds. The summed E-state index contributed by atoms with van der Waals surface area (Å²) in [5, 5.41) is 25.9. The normalized spacial score (nSPS) is 20.0. The van der Waals surface area contributed by atoms with E-state index in [0.717, 1.165) is 50.5 Å². The summed E-state index contributed by atoms with van der Waals surface area (Å²) in [4.78, 5) is 21.9. The lowest BCUT2D eigenvalue weighted by atomic mass is 9.87. The average molecular weight is 349 g/mol. The second-order valence-electron chi connectivity index (χ2n) is 6.70. The molecule has 0 heterocycles. The Kier molecular flexibility index (Phi) is 7.66. The summed E-state index contributed by atoms with van der Waals surface area (Å²) in [6, 6.07) is 6.43. The van der Waals surface area contributed by atoms with Gasteiger partial charge in [-0.1, -0.05) is 18.6 Å². The number of nitro benzene ring substituents is 1. The number of nitrogens with zero attached hydrogens (tertiary/aromatic N) is 1. The van der Waals surface area contributed by atoms with E-state index in [1.165, 1.54) is 12.1 Å². The van der Waals surface area contributed by atoms with Crippen molar-refractivity contribution in [2.75, 3.05) is 13.1 Å². The third kappa shape index (κ3) is 7.09. The highest BCUT2D eigenvalue weighted by Gasteiger charge is 2.20. The van der Waals surface area contributed by atoms with Gasteiger partial charge in [0.25, 0.3) is 5.69 Å². The zero-order chi connectivity index (χ0) is 18.1. The van der Waals surface area contributed by atoms with Gasteiger partial charge in [-0.2, -0.15) is 0 Å². The molecular weight excluding hydrogens is 322 g/mol. The zero-order valence-corrected chi connectivity index (χ0v) is 14.4. The average Bonchev–Trinajstić information content (AvgIpc) is 2.60. The number of aliphatic hydroxyl groups excluding tert-OH is 1. The van der Waals surface area contributed by atoms with E-state index in [1.807, 2.05) is 0 Å². The minimum atomic E-state index is -0.402. The molecule has 0 bridgehead atoms. The summed E-state index contributed by atoms with van der Waals surface area (Å²) in [5.41, 5.74) is 1.17. The lowest BCUT2D eigenvalue weighted by Crippen LogP contribution is -2.40. The molecule has 2 rings (SSSR count). The first-order valence-corrected chi connectivity index (χ1v) is 8.97. The summed E-state index contributed by atoms with van der Waals surface area (Å²) >= 11 is 0. The Hall–Kier alpha value is -2.15. The zero-order valence-electron chi connectivity index (χ0n) is 14.4. The van der Waals surface area contributed by atoms with E-state index in [2.05, 4.69) is 10.6 Å². The van der Waals surface area contributed by atoms with Crippen LogP contribution >= 0.6 is 0 Å². The summed E-state index contributed by atoms with van der Waals surface area (Å²) in [6.07, 6.45) is 6.11. The van der Waals surface area contributed by atoms with Crippen molar-refractivity contribution in [1.29, 1.82) is 0 Å². The van der Waals surface area contributed by atoms with Gasteiger partial charge < -0.3 is 15.7 Å². The number of carbonyl (C=O) groups excluding carboxylic acids is 1. The Labute approximate surface area is 148 Å². The number of hydrogen-bond donors (Lipinski definition) is 3. The molecule has 2 atom stereocenters. The maximum atomic E-state index is 11.8. The Morgan fingerprint density at radius 3 is 2.64 bits per heavy atom. The van der Waals surface area contributed by atoms with Gasteiger partial charge in [0.2, 0.25) is 0 Å². The Morgan fingerprint density at radius 1 is 1.20 bits per heavy atom. The molecular formula is C18H27N3O4. The van der Waals surface area contributed by atoms with Crippen LogP contribution in [0.15, 0.2) is 24.3 Å². The molecule has 1 fully saturated rings. The number of nitro groups is 1. The van der Waals surface area contributed by atoms with Crippen molar-refractivity contribution in [3.05, 3.63) is 39.9 Å². The first kappa shape index (κ1) is 19.2. The molecule has 1 saturated carbocycles. The van der Waals surface area contributed by atoms with Crippen LogP contribution in [0.3, 0.4) is 0 Å². The number of aliphatic hydroxyl groups is 1. The van der Waals surface area contributed by atoms with E-state index in [9.17, 15) is 20.0 Å². The predicted molar refractivity (Wildman–Crippen MR) is 95.4 cm³/mol. The number of hydrogen-bond acceptors (Lipinski definition) is 4. The van der Waals surface area contributed by atoms with Gasteiger partial charge in [-0.05, 0) is 50.0 Å². The van der Waals surface area contributed by atoms with Crippen LogP contribution in [0.4, 0.5) is 10.5 Å². The highest BCUT2D eigenvalue weighted by atomic mass is 16.6. The van der Waals surface area contributed by atoms with E-state index >= 15 is 0 Å².